The maximum absolute atomic E-state index is 6.05. The quantitative estimate of drug-likeness (QED) is 0.927. The van der Waals surface area contributed by atoms with Crippen LogP contribution in [0.25, 0.3) is 0 Å². The average Bonchev–Trinajstić information content (AvgIpc) is 2.74. The van der Waals surface area contributed by atoms with Crippen molar-refractivity contribution in [2.75, 3.05) is 0 Å². The Morgan fingerprint density at radius 2 is 2.12 bits per heavy atom. The molecular formula is C10H9Cl2N3S. The number of nitrogens with zero attached hydrogens (tertiary/aromatic N) is 2. The van der Waals surface area contributed by atoms with Gasteiger partial charge in [-0.05, 0) is 17.7 Å². The first-order chi connectivity index (χ1) is 7.75. The molecule has 0 unspecified atom stereocenters. The van der Waals surface area contributed by atoms with Crippen molar-refractivity contribution < 1.29 is 0 Å². The summed E-state index contributed by atoms with van der Waals surface area (Å²) in [5.41, 5.74) is 1.08. The van der Waals surface area contributed by atoms with E-state index in [4.69, 9.17) is 23.2 Å². The highest BCUT2D eigenvalue weighted by atomic mass is 35.5. The van der Waals surface area contributed by atoms with Crippen LogP contribution < -0.4 is 0 Å². The molecule has 0 fully saturated rings. The van der Waals surface area contributed by atoms with E-state index in [0.29, 0.717) is 10.0 Å². The van der Waals surface area contributed by atoms with Gasteiger partial charge in [0, 0.05) is 15.8 Å². The molecule has 1 aromatic heterocycles. The Labute approximate surface area is 108 Å². The molecule has 16 heavy (non-hydrogen) atoms. The van der Waals surface area contributed by atoms with E-state index in [-0.39, 0.29) is 0 Å². The molecule has 0 saturated heterocycles. The molecule has 0 aliphatic carbocycles. The number of aromatic nitrogens is 3. The number of rotatable bonds is 4. The molecule has 0 amide bonds. The Kier molecular flexibility index (Phi) is 4.09. The Bertz CT molecular complexity index is 459. The number of aromatic amines is 1. The van der Waals surface area contributed by atoms with Crippen LogP contribution in [-0.4, -0.2) is 15.2 Å². The number of hydrogen-bond acceptors (Lipinski definition) is 3. The summed E-state index contributed by atoms with van der Waals surface area (Å²) in [6.45, 7) is 0. The van der Waals surface area contributed by atoms with Crippen LogP contribution in [0.2, 0.25) is 10.0 Å². The molecule has 0 aliphatic heterocycles. The molecule has 0 spiro atoms. The molecule has 2 rings (SSSR count). The fraction of sp³-hybridized carbons (Fsp3) is 0.200. The van der Waals surface area contributed by atoms with E-state index in [1.54, 1.807) is 24.2 Å². The minimum absolute atomic E-state index is 0.660. The van der Waals surface area contributed by atoms with Crippen molar-refractivity contribution in [3.63, 3.8) is 0 Å². The third-order valence-corrected chi connectivity index (χ3v) is 3.53. The minimum atomic E-state index is 0.660. The Morgan fingerprint density at radius 3 is 2.81 bits per heavy atom. The first-order valence-corrected chi connectivity index (χ1v) is 6.53. The molecule has 1 N–H and O–H groups in total. The highest BCUT2D eigenvalue weighted by Crippen LogP contribution is 2.25. The van der Waals surface area contributed by atoms with Gasteiger partial charge in [0.1, 0.15) is 6.33 Å². The van der Waals surface area contributed by atoms with E-state index in [0.717, 1.165) is 22.9 Å². The summed E-state index contributed by atoms with van der Waals surface area (Å²) in [6, 6.07) is 5.54. The van der Waals surface area contributed by atoms with Crippen molar-refractivity contribution in [2.24, 2.45) is 0 Å². The van der Waals surface area contributed by atoms with Gasteiger partial charge in [0.25, 0.3) is 0 Å². The van der Waals surface area contributed by atoms with E-state index in [2.05, 4.69) is 15.2 Å². The lowest BCUT2D eigenvalue weighted by Crippen LogP contribution is -1.87. The predicted octanol–water partition coefficient (Wildman–Crippen LogP) is 3.54. The fourth-order valence-electron chi connectivity index (χ4n) is 1.20. The molecule has 0 radical (unpaired) electrons. The van der Waals surface area contributed by atoms with Crippen LogP contribution >= 0.6 is 35.0 Å². The summed E-state index contributed by atoms with van der Waals surface area (Å²) >= 11 is 13.6. The van der Waals surface area contributed by atoms with Crippen LogP contribution in [0.4, 0.5) is 0 Å². The van der Waals surface area contributed by atoms with Gasteiger partial charge >= 0.3 is 0 Å². The lowest BCUT2D eigenvalue weighted by molar-refractivity contribution is 1.02. The van der Waals surface area contributed by atoms with Crippen molar-refractivity contribution in [1.82, 2.24) is 15.2 Å². The summed E-state index contributed by atoms with van der Waals surface area (Å²) < 4.78 is 0. The number of benzene rings is 1. The second kappa shape index (κ2) is 5.57. The standard InChI is InChI=1S/C10H9Cl2N3S/c11-8-2-1-7(9(12)3-8)4-16-5-10-13-6-14-15-10/h1-3,6H,4-5H2,(H,13,14,15). The minimum Gasteiger partial charge on any atom is -0.266 e. The van der Waals surface area contributed by atoms with Gasteiger partial charge in [0.05, 0.1) is 5.75 Å². The monoisotopic (exact) mass is 273 g/mol. The Hall–Kier alpha value is -0.710. The SMILES string of the molecule is Clc1ccc(CSCc2nc[nH]n2)c(Cl)c1. The van der Waals surface area contributed by atoms with Crippen LogP contribution in [0.5, 0.6) is 0 Å². The van der Waals surface area contributed by atoms with Crippen LogP contribution in [-0.2, 0) is 11.5 Å². The zero-order chi connectivity index (χ0) is 11.4. The van der Waals surface area contributed by atoms with Crippen LogP contribution in [0.15, 0.2) is 24.5 Å². The number of thioether (sulfide) groups is 1. The summed E-state index contributed by atoms with van der Waals surface area (Å²) in [5.74, 6) is 2.39. The summed E-state index contributed by atoms with van der Waals surface area (Å²) in [4.78, 5) is 4.04. The van der Waals surface area contributed by atoms with Crippen molar-refractivity contribution in [1.29, 1.82) is 0 Å². The fourth-order valence-corrected chi connectivity index (χ4v) is 2.65. The summed E-state index contributed by atoms with van der Waals surface area (Å²) in [5, 5.41) is 8.02. The third kappa shape index (κ3) is 3.14. The van der Waals surface area contributed by atoms with E-state index in [1.165, 1.54) is 0 Å². The van der Waals surface area contributed by atoms with Crippen molar-refractivity contribution >= 4 is 35.0 Å². The Balaban J connectivity index is 1.90. The second-order valence-electron chi connectivity index (χ2n) is 3.14. The molecule has 6 heteroatoms. The topological polar surface area (TPSA) is 41.6 Å². The lowest BCUT2D eigenvalue weighted by Gasteiger charge is -2.03. The summed E-state index contributed by atoms with van der Waals surface area (Å²) in [7, 11) is 0. The first-order valence-electron chi connectivity index (χ1n) is 4.62. The van der Waals surface area contributed by atoms with Gasteiger partial charge in [0.2, 0.25) is 0 Å². The van der Waals surface area contributed by atoms with Gasteiger partial charge < -0.3 is 0 Å². The molecular weight excluding hydrogens is 265 g/mol. The lowest BCUT2D eigenvalue weighted by atomic mass is 10.2. The van der Waals surface area contributed by atoms with Gasteiger partial charge in [-0.1, -0.05) is 29.3 Å². The van der Waals surface area contributed by atoms with E-state index < -0.39 is 0 Å². The van der Waals surface area contributed by atoms with Crippen molar-refractivity contribution in [3.8, 4) is 0 Å². The normalized spacial score (nSPS) is 10.6. The average molecular weight is 274 g/mol. The zero-order valence-electron chi connectivity index (χ0n) is 8.28. The van der Waals surface area contributed by atoms with E-state index >= 15 is 0 Å². The van der Waals surface area contributed by atoms with E-state index in [1.807, 2.05) is 12.1 Å². The molecule has 1 aromatic carbocycles. The van der Waals surface area contributed by atoms with Crippen molar-refractivity contribution in [2.45, 2.75) is 11.5 Å². The molecule has 0 atom stereocenters. The largest absolute Gasteiger partial charge is 0.266 e. The maximum Gasteiger partial charge on any atom is 0.160 e. The van der Waals surface area contributed by atoms with Gasteiger partial charge in [-0.2, -0.15) is 5.10 Å². The van der Waals surface area contributed by atoms with Gasteiger partial charge in [-0.3, -0.25) is 5.10 Å². The molecule has 84 valence electrons. The zero-order valence-corrected chi connectivity index (χ0v) is 10.6. The first kappa shape index (κ1) is 11.8. The van der Waals surface area contributed by atoms with Crippen LogP contribution in [0.3, 0.4) is 0 Å². The smallest absolute Gasteiger partial charge is 0.160 e. The maximum atomic E-state index is 6.05. The second-order valence-corrected chi connectivity index (χ2v) is 4.97. The number of H-pyrrole nitrogens is 1. The molecule has 0 bridgehead atoms. The molecule has 0 saturated carbocycles. The van der Waals surface area contributed by atoms with Crippen LogP contribution in [0, 0.1) is 0 Å². The molecule has 1 heterocycles. The number of halogens is 2. The summed E-state index contributed by atoms with van der Waals surface area (Å²) in [6.07, 6.45) is 1.57. The van der Waals surface area contributed by atoms with Crippen LogP contribution in [0.1, 0.15) is 11.4 Å². The van der Waals surface area contributed by atoms with Gasteiger partial charge in [-0.15, -0.1) is 11.8 Å². The predicted molar refractivity (Wildman–Crippen MR) is 67.8 cm³/mol. The molecule has 2 aromatic rings. The van der Waals surface area contributed by atoms with Crippen molar-refractivity contribution in [3.05, 3.63) is 46.0 Å². The number of hydrogen-bond donors (Lipinski definition) is 1. The molecule has 3 nitrogen and oxygen atoms in total. The van der Waals surface area contributed by atoms with E-state index in [9.17, 15) is 0 Å². The number of nitrogens with one attached hydrogen (secondary N) is 1. The highest BCUT2D eigenvalue weighted by molar-refractivity contribution is 7.97. The van der Waals surface area contributed by atoms with Gasteiger partial charge in [-0.25, -0.2) is 4.98 Å². The molecule has 0 aliphatic rings. The third-order valence-electron chi connectivity index (χ3n) is 1.97. The Morgan fingerprint density at radius 1 is 1.25 bits per heavy atom. The highest BCUT2D eigenvalue weighted by Gasteiger charge is 2.03. The van der Waals surface area contributed by atoms with Gasteiger partial charge in [0.15, 0.2) is 5.82 Å².